The van der Waals surface area contributed by atoms with Crippen molar-refractivity contribution in [2.45, 2.75) is 43.8 Å². The minimum Gasteiger partial charge on any atom is -0.366 e. The molecule has 2 amide bonds. The Morgan fingerprint density at radius 3 is 2.58 bits per heavy atom. The molecule has 0 saturated carbocycles. The molecular weight excluding hydrogens is 526 g/mol. The van der Waals surface area contributed by atoms with E-state index in [0.717, 1.165) is 42.6 Å². The fraction of sp³-hybridized carbons (Fsp3) is 0.556. The number of likely N-dealkylation sites (N-methyl/N-ethyl adjacent to an activating group) is 1. The number of nitrogens with zero attached hydrogens (tertiary/aromatic N) is 4. The Labute approximate surface area is 232 Å². The number of aromatic nitrogens is 1. The molecular formula is C27H34ClN5O4S. The molecule has 0 unspecified atom stereocenters. The topological polar surface area (TPSA) is 95.1 Å². The number of nitrogens with one attached hydrogen (secondary N) is 1. The molecule has 11 heteroatoms. The van der Waals surface area contributed by atoms with Crippen LogP contribution < -0.4 is 10.2 Å². The number of ether oxygens (including phenoxy) is 1. The van der Waals surface area contributed by atoms with E-state index in [2.05, 4.69) is 22.2 Å². The minimum absolute atomic E-state index is 0.0360. The molecule has 1 aromatic heterocycles. The van der Waals surface area contributed by atoms with Crippen molar-refractivity contribution in [1.82, 2.24) is 20.1 Å². The molecule has 0 bridgehead atoms. The summed E-state index contributed by atoms with van der Waals surface area (Å²) in [6, 6.07) is 5.84. The Morgan fingerprint density at radius 1 is 1.18 bits per heavy atom. The van der Waals surface area contributed by atoms with E-state index in [1.54, 1.807) is 23.5 Å². The number of benzene rings is 1. The summed E-state index contributed by atoms with van der Waals surface area (Å²) >= 11 is 8.01. The average molecular weight is 560 g/mol. The van der Waals surface area contributed by atoms with Crippen LogP contribution in [0.4, 0.5) is 5.13 Å². The van der Waals surface area contributed by atoms with Gasteiger partial charge >= 0.3 is 0 Å². The Kier molecular flexibility index (Phi) is 8.04. The number of hydrogen-bond donors (Lipinski definition) is 1. The molecule has 4 atom stereocenters. The molecule has 1 N–H and O–H groups in total. The lowest BCUT2D eigenvalue weighted by molar-refractivity contribution is -0.138. The molecule has 9 nitrogen and oxygen atoms in total. The van der Waals surface area contributed by atoms with Gasteiger partial charge in [-0.05, 0) is 31.5 Å². The van der Waals surface area contributed by atoms with Crippen LogP contribution in [0.3, 0.4) is 0 Å². The van der Waals surface area contributed by atoms with Crippen LogP contribution in [0.5, 0.6) is 0 Å². The van der Waals surface area contributed by atoms with Crippen LogP contribution in [0, 0.1) is 5.92 Å². The van der Waals surface area contributed by atoms with Crippen molar-refractivity contribution >= 4 is 45.7 Å². The van der Waals surface area contributed by atoms with E-state index in [0.29, 0.717) is 12.0 Å². The first-order chi connectivity index (χ1) is 18.2. The second kappa shape index (κ2) is 11.3. The maximum absolute atomic E-state index is 13.5. The number of ketones is 1. The summed E-state index contributed by atoms with van der Waals surface area (Å²) in [6.45, 7) is 8.15. The van der Waals surface area contributed by atoms with Gasteiger partial charge in [0.1, 0.15) is 24.8 Å². The van der Waals surface area contributed by atoms with Gasteiger partial charge in [0, 0.05) is 49.2 Å². The number of hydrogen-bond acceptors (Lipinski definition) is 8. The number of likely N-dealkylation sites (tertiary alicyclic amines) is 1. The first-order valence-electron chi connectivity index (χ1n) is 13.1. The van der Waals surface area contributed by atoms with Gasteiger partial charge in [0.05, 0.1) is 11.1 Å². The van der Waals surface area contributed by atoms with Gasteiger partial charge in [0.15, 0.2) is 10.9 Å². The molecule has 0 radical (unpaired) electrons. The predicted octanol–water partition coefficient (Wildman–Crippen LogP) is 2.49. The molecule has 5 rings (SSSR count). The molecule has 38 heavy (non-hydrogen) atoms. The molecule has 3 aliphatic heterocycles. The number of carbonyl (C=O) groups excluding carboxylic acids is 3. The van der Waals surface area contributed by atoms with E-state index < -0.39 is 23.6 Å². The molecule has 3 saturated heterocycles. The van der Waals surface area contributed by atoms with Gasteiger partial charge in [-0.15, -0.1) is 22.9 Å². The van der Waals surface area contributed by atoms with Gasteiger partial charge in [-0.2, -0.15) is 0 Å². The fourth-order valence-electron chi connectivity index (χ4n) is 5.29. The third-order valence-corrected chi connectivity index (χ3v) is 8.71. The molecule has 0 spiro atoms. The number of thiazole rings is 1. The molecule has 3 aliphatic rings. The zero-order valence-electron chi connectivity index (χ0n) is 21.9. The summed E-state index contributed by atoms with van der Waals surface area (Å²) in [5.41, 5.74) is 2.27. The summed E-state index contributed by atoms with van der Waals surface area (Å²) in [6.07, 6.45) is -0.0366. The largest absolute Gasteiger partial charge is 0.366 e. The zero-order valence-corrected chi connectivity index (χ0v) is 23.5. The van der Waals surface area contributed by atoms with Crippen LogP contribution in [-0.2, 0) is 14.3 Å². The number of Topliss-reactive ketones (excluding diaryl/α,β-unsaturated/α-hetero) is 1. The second-order valence-electron chi connectivity index (χ2n) is 10.7. The number of anilines is 1. The van der Waals surface area contributed by atoms with E-state index in [9.17, 15) is 14.4 Å². The highest BCUT2D eigenvalue weighted by Gasteiger charge is 2.52. The van der Waals surface area contributed by atoms with Crippen molar-refractivity contribution in [3.63, 3.8) is 0 Å². The van der Waals surface area contributed by atoms with E-state index >= 15 is 0 Å². The zero-order chi connectivity index (χ0) is 27.0. The van der Waals surface area contributed by atoms with Crippen molar-refractivity contribution in [3.05, 3.63) is 35.2 Å². The number of piperazine rings is 1. The van der Waals surface area contributed by atoms with Crippen molar-refractivity contribution in [3.8, 4) is 11.3 Å². The highest BCUT2D eigenvalue weighted by molar-refractivity contribution is 7.14. The number of amides is 2. The van der Waals surface area contributed by atoms with Gasteiger partial charge in [-0.3, -0.25) is 14.4 Å². The highest BCUT2D eigenvalue weighted by Crippen LogP contribution is 2.32. The third-order valence-electron chi connectivity index (χ3n) is 7.42. The summed E-state index contributed by atoms with van der Waals surface area (Å²) in [7, 11) is 2.13. The lowest BCUT2D eigenvalue weighted by Crippen LogP contribution is -2.52. The van der Waals surface area contributed by atoms with Gasteiger partial charge in [-0.1, -0.05) is 26.0 Å². The van der Waals surface area contributed by atoms with E-state index in [1.165, 1.54) is 4.90 Å². The smallest absolute Gasteiger partial charge is 0.251 e. The maximum Gasteiger partial charge on any atom is 0.251 e. The van der Waals surface area contributed by atoms with Crippen molar-refractivity contribution < 1.29 is 19.1 Å². The normalized spacial score (nSPS) is 24.7. The summed E-state index contributed by atoms with van der Waals surface area (Å²) in [5, 5.41) is 5.52. The van der Waals surface area contributed by atoms with E-state index in [4.69, 9.17) is 21.3 Å². The quantitative estimate of drug-likeness (QED) is 0.521. The molecule has 0 aliphatic carbocycles. The first-order valence-corrected chi connectivity index (χ1v) is 14.4. The van der Waals surface area contributed by atoms with Gasteiger partial charge < -0.3 is 24.8 Å². The Balaban J connectivity index is 1.26. The summed E-state index contributed by atoms with van der Waals surface area (Å²) < 4.78 is 5.51. The Morgan fingerprint density at radius 2 is 1.89 bits per heavy atom. The maximum atomic E-state index is 13.5. The van der Waals surface area contributed by atoms with Gasteiger partial charge in [0.25, 0.3) is 5.91 Å². The Bertz CT molecular complexity index is 1180. The van der Waals surface area contributed by atoms with Crippen molar-refractivity contribution in [2.75, 3.05) is 51.3 Å². The summed E-state index contributed by atoms with van der Waals surface area (Å²) in [5.74, 6) is -0.611. The van der Waals surface area contributed by atoms with E-state index in [-0.39, 0.29) is 36.7 Å². The molecule has 204 valence electrons. The molecule has 2 aromatic rings. The van der Waals surface area contributed by atoms with Crippen LogP contribution in [0.25, 0.3) is 11.3 Å². The lowest BCUT2D eigenvalue weighted by atomic mass is 10.0. The highest BCUT2D eigenvalue weighted by atomic mass is 35.5. The summed E-state index contributed by atoms with van der Waals surface area (Å²) in [4.78, 5) is 50.0. The number of fused-ring (bicyclic) bond motifs is 1. The standard InChI is InChI=1S/C27H34ClN5O4S/c1-16(2)12-20(26(36)33-13-19(28)24-23(33)22(34)14-37-24)29-25(35)18-6-4-17(5-7-18)21-15-38-27(30-21)32-10-8-31(3)9-11-32/h4-7,15-16,19-20,23-24H,8-14H2,1-3H3,(H,29,35)/t19-,20+,23-,24-/m1/s1. The molecule has 1 aromatic carbocycles. The number of carbonyl (C=O) groups is 3. The fourth-order valence-corrected chi connectivity index (χ4v) is 6.54. The second-order valence-corrected chi connectivity index (χ2v) is 12.1. The molecule has 3 fully saturated rings. The van der Waals surface area contributed by atoms with Crippen molar-refractivity contribution in [1.29, 1.82) is 0 Å². The monoisotopic (exact) mass is 559 g/mol. The third kappa shape index (κ3) is 5.59. The SMILES string of the molecule is CC(C)C[C@H](NC(=O)c1ccc(-c2csc(N3CCN(C)CC3)n2)cc1)C(=O)N1C[C@@H](Cl)[C@H]2OCC(=O)[C@H]21. The Hall–Kier alpha value is -2.53. The predicted molar refractivity (Wildman–Crippen MR) is 148 cm³/mol. The number of alkyl halides is 1. The average Bonchev–Trinajstić information content (AvgIpc) is 3.62. The number of halogens is 1. The first kappa shape index (κ1) is 27.1. The lowest BCUT2D eigenvalue weighted by Gasteiger charge is -2.32. The minimum atomic E-state index is -0.761. The van der Waals surface area contributed by atoms with Crippen LogP contribution >= 0.6 is 22.9 Å². The van der Waals surface area contributed by atoms with Crippen molar-refractivity contribution in [2.24, 2.45) is 5.92 Å². The van der Waals surface area contributed by atoms with Crippen LogP contribution in [0.1, 0.15) is 30.6 Å². The number of rotatable bonds is 7. The van der Waals surface area contributed by atoms with Crippen LogP contribution in [-0.4, -0.2) is 102 Å². The van der Waals surface area contributed by atoms with Crippen LogP contribution in [0.15, 0.2) is 29.6 Å². The van der Waals surface area contributed by atoms with Gasteiger partial charge in [-0.25, -0.2) is 4.98 Å². The van der Waals surface area contributed by atoms with Gasteiger partial charge in [0.2, 0.25) is 5.91 Å². The van der Waals surface area contributed by atoms with Crippen LogP contribution in [0.2, 0.25) is 0 Å². The van der Waals surface area contributed by atoms with E-state index in [1.807, 2.05) is 31.4 Å². The molecule has 4 heterocycles.